The molecule has 4 atom stereocenters. The number of nitrogens with zero attached hydrogens (tertiary/aromatic N) is 6. The van der Waals surface area contributed by atoms with Crippen LogP contribution in [0.3, 0.4) is 0 Å². The summed E-state index contributed by atoms with van der Waals surface area (Å²) in [4.78, 5) is 3.93. The van der Waals surface area contributed by atoms with Crippen molar-refractivity contribution in [2.45, 2.75) is 62.9 Å². The minimum Gasteiger partial charge on any atom is -0.409 e. The Kier molecular flexibility index (Phi) is 25.1. The van der Waals surface area contributed by atoms with Gasteiger partial charge in [0.25, 0.3) is 0 Å². The number of aliphatic imine (C=N–C) groups is 1. The lowest BCUT2D eigenvalue weighted by Gasteiger charge is -2.37. The molecular formula is C25H52N12O11. The third-order valence-corrected chi connectivity index (χ3v) is 6.27. The Hall–Kier alpha value is -4.42. The Bertz CT molecular complexity index is 966. The summed E-state index contributed by atoms with van der Waals surface area (Å²) < 4.78 is 36.3. The molecule has 0 saturated carbocycles. The van der Waals surface area contributed by atoms with Gasteiger partial charge in [0.1, 0.15) is 53.6 Å². The second kappa shape index (κ2) is 27.7. The Morgan fingerprint density at radius 2 is 0.708 bits per heavy atom. The summed E-state index contributed by atoms with van der Waals surface area (Å²) in [6, 6.07) is 0. The molecule has 0 aromatic rings. The molecule has 0 saturated heterocycles. The quantitative estimate of drug-likeness (QED) is 0.0128. The van der Waals surface area contributed by atoms with Crippen molar-refractivity contribution in [1.29, 1.82) is 0 Å². The molecule has 0 radical (unpaired) electrons. The van der Waals surface area contributed by atoms with Gasteiger partial charge in [0, 0.05) is 45.6 Å². The number of amidine groups is 6. The molecule has 23 nitrogen and oxygen atoms in total. The van der Waals surface area contributed by atoms with Crippen molar-refractivity contribution < 1.29 is 54.5 Å². The fourth-order valence-corrected chi connectivity index (χ4v) is 3.65. The topological polar surface area (TPSA) is 387 Å². The molecule has 0 amide bonds. The van der Waals surface area contributed by atoms with Gasteiger partial charge in [0.2, 0.25) is 0 Å². The first-order valence-electron chi connectivity index (χ1n) is 14.7. The smallest absolute Gasteiger partial charge is 0.141 e. The maximum absolute atomic E-state index is 9.06. The summed E-state index contributed by atoms with van der Waals surface area (Å²) >= 11 is 0. The molecular weight excluding hydrogens is 644 g/mol. The number of ether oxygens (including phenoxy) is 6. The van der Waals surface area contributed by atoms with Crippen LogP contribution in [-0.4, -0.2) is 145 Å². The fourth-order valence-electron chi connectivity index (χ4n) is 3.65. The predicted octanol–water partition coefficient (Wildman–Crippen LogP) is -2.38. The summed E-state index contributed by atoms with van der Waals surface area (Å²) in [5, 5.41) is 59.6. The number of hydrogen-bond donors (Lipinski definition) is 11. The van der Waals surface area contributed by atoms with Gasteiger partial charge in [-0.25, -0.2) is 0 Å². The van der Waals surface area contributed by atoms with E-state index in [1.54, 1.807) is 0 Å². The zero-order valence-corrected chi connectivity index (χ0v) is 27.0. The largest absolute Gasteiger partial charge is 0.409 e. The second-order valence-electron chi connectivity index (χ2n) is 9.81. The van der Waals surface area contributed by atoms with E-state index < -0.39 is 24.4 Å². The van der Waals surface area contributed by atoms with Crippen LogP contribution in [0.2, 0.25) is 0 Å². The van der Waals surface area contributed by atoms with Gasteiger partial charge in [-0.3, -0.25) is 4.99 Å². The number of rotatable bonds is 29. The molecule has 0 fully saturated rings. The molecule has 4 unspecified atom stereocenters. The van der Waals surface area contributed by atoms with Crippen LogP contribution >= 0.6 is 0 Å². The van der Waals surface area contributed by atoms with Crippen LogP contribution in [-0.2, 0) is 28.4 Å². The standard InChI is InChI=1S/C25H52N12O11/c1-32-18(26)4-10-45-16(14-43-8-2-19(27)33-38)24(47-12-6-22(30)36-41)25(48-13-7-23(31)37-42)17(46-11-5-21(29)35-40)15-44-9-3-20(28)34-39/h16-17,24-25,38-42H,2-15H2,1H3,(H2,26,32)(H2,27,33)(H2,28,34)(H2,29,35)(H2,30,36)(H2,31,37). The molecule has 0 aromatic carbocycles. The first-order valence-corrected chi connectivity index (χ1v) is 14.7. The van der Waals surface area contributed by atoms with E-state index >= 15 is 0 Å². The Labute approximate surface area is 277 Å². The molecule has 0 aliphatic carbocycles. The molecule has 0 aliphatic heterocycles. The number of nitrogens with two attached hydrogens (primary N) is 6. The molecule has 0 aliphatic rings. The summed E-state index contributed by atoms with van der Waals surface area (Å²) in [7, 11) is 1.53. The van der Waals surface area contributed by atoms with Crippen molar-refractivity contribution in [3.63, 3.8) is 0 Å². The molecule has 23 heteroatoms. The molecule has 0 aromatic heterocycles. The molecule has 0 bridgehead atoms. The van der Waals surface area contributed by atoms with Gasteiger partial charge in [-0.1, -0.05) is 25.8 Å². The van der Waals surface area contributed by atoms with Crippen LogP contribution in [0.15, 0.2) is 30.8 Å². The second-order valence-corrected chi connectivity index (χ2v) is 9.81. The van der Waals surface area contributed by atoms with Crippen LogP contribution in [0.25, 0.3) is 0 Å². The van der Waals surface area contributed by atoms with Crippen molar-refractivity contribution in [3.8, 4) is 0 Å². The van der Waals surface area contributed by atoms with Gasteiger partial charge in [0.15, 0.2) is 0 Å². The fraction of sp³-hybridized carbons (Fsp3) is 0.760. The lowest BCUT2D eigenvalue weighted by molar-refractivity contribution is -0.194. The Balaban J connectivity index is 6.69. The van der Waals surface area contributed by atoms with Crippen molar-refractivity contribution >= 4 is 35.0 Å². The van der Waals surface area contributed by atoms with Crippen LogP contribution in [0, 0.1) is 0 Å². The SMILES string of the molecule is CN=C(N)CCOC(COCCC(N)=NO)C(OCCC(N)=NO)C(OCCC(N)=NO)C(COCC/C(N)=N/O)OCCC(N)=NO. The summed E-state index contributed by atoms with van der Waals surface area (Å²) in [6.07, 6.45) is -3.54. The summed E-state index contributed by atoms with van der Waals surface area (Å²) in [6.45, 7) is -0.383. The lowest BCUT2D eigenvalue weighted by atomic mass is 10.0. The molecule has 0 spiro atoms. The van der Waals surface area contributed by atoms with E-state index in [9.17, 15) is 0 Å². The van der Waals surface area contributed by atoms with E-state index in [0.717, 1.165) is 0 Å². The lowest BCUT2D eigenvalue weighted by Crippen LogP contribution is -2.53. The maximum Gasteiger partial charge on any atom is 0.141 e. The molecule has 48 heavy (non-hydrogen) atoms. The average molecular weight is 697 g/mol. The van der Waals surface area contributed by atoms with Gasteiger partial charge in [-0.15, -0.1) is 0 Å². The maximum atomic E-state index is 9.06. The highest BCUT2D eigenvalue weighted by Crippen LogP contribution is 2.21. The van der Waals surface area contributed by atoms with Crippen molar-refractivity contribution in [1.82, 2.24) is 0 Å². The normalized spacial score (nSPS) is 16.5. The highest BCUT2D eigenvalue weighted by atomic mass is 16.6. The van der Waals surface area contributed by atoms with Crippen molar-refractivity contribution in [2.24, 2.45) is 65.2 Å². The van der Waals surface area contributed by atoms with E-state index in [4.69, 9.17) is 88.9 Å². The highest BCUT2D eigenvalue weighted by molar-refractivity contribution is 5.81. The van der Waals surface area contributed by atoms with Crippen LogP contribution in [0.5, 0.6) is 0 Å². The number of oxime groups is 5. The molecule has 17 N–H and O–H groups in total. The monoisotopic (exact) mass is 696 g/mol. The molecule has 0 rings (SSSR count). The van der Waals surface area contributed by atoms with Crippen molar-refractivity contribution in [2.75, 3.05) is 59.9 Å². The van der Waals surface area contributed by atoms with Gasteiger partial charge in [0.05, 0.1) is 58.7 Å². The van der Waals surface area contributed by atoms with E-state index in [2.05, 4.69) is 30.8 Å². The van der Waals surface area contributed by atoms with E-state index in [1.807, 2.05) is 0 Å². The zero-order chi connectivity index (χ0) is 36.2. The zero-order valence-electron chi connectivity index (χ0n) is 27.0. The van der Waals surface area contributed by atoms with Gasteiger partial charge >= 0.3 is 0 Å². The van der Waals surface area contributed by atoms with Gasteiger partial charge in [-0.2, -0.15) is 0 Å². The first-order chi connectivity index (χ1) is 23.1. The van der Waals surface area contributed by atoms with Crippen molar-refractivity contribution in [3.05, 3.63) is 0 Å². The van der Waals surface area contributed by atoms with Crippen LogP contribution < -0.4 is 34.4 Å². The first kappa shape index (κ1) is 43.6. The minimum absolute atomic E-state index is 0.00163. The van der Waals surface area contributed by atoms with Crippen LogP contribution in [0.4, 0.5) is 0 Å². The average Bonchev–Trinajstić information content (AvgIpc) is 3.10. The third kappa shape index (κ3) is 20.7. The highest BCUT2D eigenvalue weighted by Gasteiger charge is 2.39. The van der Waals surface area contributed by atoms with Gasteiger partial charge in [-0.05, 0) is 0 Å². The Morgan fingerprint density at radius 3 is 1.00 bits per heavy atom. The summed E-state index contributed by atoms with van der Waals surface area (Å²) in [5.74, 6) is -0.142. The van der Waals surface area contributed by atoms with E-state index in [-0.39, 0.29) is 121 Å². The molecule has 278 valence electrons. The predicted molar refractivity (Wildman–Crippen MR) is 173 cm³/mol. The minimum atomic E-state index is -1.06. The Morgan fingerprint density at radius 1 is 0.438 bits per heavy atom. The summed E-state index contributed by atoms with van der Waals surface area (Å²) in [5.41, 5.74) is 34.0. The van der Waals surface area contributed by atoms with E-state index in [0.29, 0.717) is 5.84 Å². The van der Waals surface area contributed by atoms with E-state index in [1.165, 1.54) is 7.05 Å². The molecule has 0 heterocycles. The number of hydrogen-bond acceptors (Lipinski definition) is 17. The van der Waals surface area contributed by atoms with Crippen LogP contribution in [0.1, 0.15) is 38.5 Å². The third-order valence-electron chi connectivity index (χ3n) is 6.27. The van der Waals surface area contributed by atoms with Gasteiger partial charge < -0.3 is 88.9 Å².